The number of amides is 3. The topological polar surface area (TPSA) is 252 Å². The van der Waals surface area contributed by atoms with Crippen LogP contribution in [0.2, 0.25) is 0 Å². The van der Waals surface area contributed by atoms with Crippen LogP contribution in [0.4, 0.5) is 0 Å². The third-order valence-electron chi connectivity index (χ3n) is 5.78. The van der Waals surface area contributed by atoms with Gasteiger partial charge in [0, 0.05) is 19.4 Å². The van der Waals surface area contributed by atoms with E-state index in [9.17, 15) is 29.1 Å². The predicted molar refractivity (Wildman–Crippen MR) is 143 cm³/mol. The Morgan fingerprint density at radius 2 is 1.38 bits per heavy atom. The molecule has 0 aliphatic heterocycles. The van der Waals surface area contributed by atoms with E-state index in [1.54, 1.807) is 44.2 Å². The van der Waals surface area contributed by atoms with Gasteiger partial charge in [-0.25, -0.2) is 4.79 Å². The number of nitrogens with zero attached hydrogens (tertiary/aromatic N) is 1. The maximum atomic E-state index is 13.2. The normalized spacial score (nSPS) is 13.8. The standard InChI is InChI=1S/C25H39N7O7/c1-14(2)20(26)23(37)31-16(9-6-12-29-25(27)28)21(35)30-17(10-11-19(33)34)22(36)32-18(24(38)39)13-15-7-4-3-5-8-15/h3-5,7-8,14,16-18,20H,6,9-13,26H2,1-2H3,(H,30,35)(H,31,37)(H,32,36)(H,33,34)(H,38,39)(H4,27,28,29). The van der Waals surface area contributed by atoms with Crippen molar-refractivity contribution in [1.82, 2.24) is 16.0 Å². The minimum absolute atomic E-state index is 0.0297. The number of carbonyl (C=O) groups is 5. The first-order valence-corrected chi connectivity index (χ1v) is 12.5. The molecule has 4 unspecified atom stereocenters. The van der Waals surface area contributed by atoms with E-state index < -0.39 is 60.2 Å². The first-order valence-electron chi connectivity index (χ1n) is 12.5. The van der Waals surface area contributed by atoms with E-state index in [0.29, 0.717) is 5.56 Å². The maximum Gasteiger partial charge on any atom is 0.326 e. The number of carboxylic acid groups (broad SMARTS) is 2. The van der Waals surface area contributed by atoms with Gasteiger partial charge in [-0.2, -0.15) is 0 Å². The van der Waals surface area contributed by atoms with Crippen LogP contribution < -0.4 is 33.2 Å². The Morgan fingerprint density at radius 1 is 0.846 bits per heavy atom. The minimum atomic E-state index is -1.39. The molecule has 14 heteroatoms. The molecule has 39 heavy (non-hydrogen) atoms. The lowest BCUT2D eigenvalue weighted by Gasteiger charge is -2.25. The van der Waals surface area contributed by atoms with Crippen LogP contribution >= 0.6 is 0 Å². The number of hydrogen-bond donors (Lipinski definition) is 8. The molecule has 1 aromatic rings. The Balaban J connectivity index is 3.08. The molecule has 0 radical (unpaired) electrons. The number of carboxylic acids is 2. The number of carbonyl (C=O) groups excluding carboxylic acids is 3. The Morgan fingerprint density at radius 3 is 1.90 bits per heavy atom. The van der Waals surface area contributed by atoms with Crippen LogP contribution in [0.1, 0.15) is 45.1 Å². The highest BCUT2D eigenvalue weighted by molar-refractivity contribution is 5.94. The molecule has 0 bridgehead atoms. The van der Waals surface area contributed by atoms with Gasteiger partial charge in [0.05, 0.1) is 6.04 Å². The number of benzene rings is 1. The summed E-state index contributed by atoms with van der Waals surface area (Å²) in [7, 11) is 0. The highest BCUT2D eigenvalue weighted by atomic mass is 16.4. The Labute approximate surface area is 226 Å². The summed E-state index contributed by atoms with van der Waals surface area (Å²) >= 11 is 0. The molecule has 216 valence electrons. The van der Waals surface area contributed by atoms with Gasteiger partial charge in [-0.1, -0.05) is 44.2 Å². The lowest BCUT2D eigenvalue weighted by Crippen LogP contribution is -2.57. The first kappa shape index (κ1) is 32.8. The van der Waals surface area contributed by atoms with Gasteiger partial charge in [-0.05, 0) is 30.7 Å². The van der Waals surface area contributed by atoms with Crippen molar-refractivity contribution in [2.24, 2.45) is 28.1 Å². The third kappa shape index (κ3) is 12.7. The summed E-state index contributed by atoms with van der Waals surface area (Å²) in [4.78, 5) is 65.6. The average Bonchev–Trinajstić information content (AvgIpc) is 2.87. The molecule has 0 saturated heterocycles. The molecule has 4 atom stereocenters. The van der Waals surface area contributed by atoms with E-state index in [-0.39, 0.29) is 44.1 Å². The zero-order valence-corrected chi connectivity index (χ0v) is 22.1. The van der Waals surface area contributed by atoms with E-state index in [1.807, 2.05) is 0 Å². The highest BCUT2D eigenvalue weighted by Crippen LogP contribution is 2.08. The fourth-order valence-corrected chi connectivity index (χ4v) is 3.47. The second kappa shape index (κ2) is 16.6. The molecule has 1 rings (SSSR count). The average molecular weight is 550 g/mol. The number of hydrogen-bond acceptors (Lipinski definition) is 7. The number of nitrogens with two attached hydrogens (primary N) is 3. The molecule has 14 nitrogen and oxygen atoms in total. The second-order valence-corrected chi connectivity index (χ2v) is 9.36. The van der Waals surface area contributed by atoms with E-state index in [1.165, 1.54) is 0 Å². The van der Waals surface area contributed by atoms with Gasteiger partial charge in [0.2, 0.25) is 17.7 Å². The molecule has 0 spiro atoms. The smallest absolute Gasteiger partial charge is 0.326 e. The zero-order valence-electron chi connectivity index (χ0n) is 22.1. The number of rotatable bonds is 17. The second-order valence-electron chi connectivity index (χ2n) is 9.36. The van der Waals surface area contributed by atoms with Crippen LogP contribution in [-0.2, 0) is 30.4 Å². The largest absolute Gasteiger partial charge is 0.481 e. The summed E-state index contributed by atoms with van der Waals surface area (Å²) in [5.41, 5.74) is 17.2. The van der Waals surface area contributed by atoms with Crippen molar-refractivity contribution in [2.75, 3.05) is 6.54 Å². The molecular formula is C25H39N7O7. The quantitative estimate of drug-likeness (QED) is 0.0645. The van der Waals surface area contributed by atoms with Gasteiger partial charge < -0.3 is 43.4 Å². The summed E-state index contributed by atoms with van der Waals surface area (Å²) in [6, 6.07) is 3.83. The van der Waals surface area contributed by atoms with Crippen LogP contribution in [-0.4, -0.2) is 76.5 Å². The summed E-state index contributed by atoms with van der Waals surface area (Å²) in [5.74, 6) is -5.12. The summed E-state index contributed by atoms with van der Waals surface area (Å²) < 4.78 is 0. The molecular weight excluding hydrogens is 510 g/mol. The molecule has 3 amide bonds. The van der Waals surface area contributed by atoms with Gasteiger partial charge in [0.25, 0.3) is 0 Å². The van der Waals surface area contributed by atoms with Gasteiger partial charge >= 0.3 is 11.9 Å². The van der Waals surface area contributed by atoms with Crippen LogP contribution in [0, 0.1) is 5.92 Å². The van der Waals surface area contributed by atoms with E-state index in [4.69, 9.17) is 22.3 Å². The summed E-state index contributed by atoms with van der Waals surface area (Å²) in [6.07, 6.45) is -0.451. The van der Waals surface area contributed by atoms with Crippen molar-refractivity contribution in [3.05, 3.63) is 35.9 Å². The van der Waals surface area contributed by atoms with E-state index in [2.05, 4.69) is 20.9 Å². The maximum absolute atomic E-state index is 13.2. The molecule has 11 N–H and O–H groups in total. The molecule has 0 aromatic heterocycles. The number of aliphatic imine (C=N–C) groups is 1. The highest BCUT2D eigenvalue weighted by Gasteiger charge is 2.31. The first-order chi connectivity index (χ1) is 18.3. The molecule has 0 aliphatic carbocycles. The van der Waals surface area contributed by atoms with Gasteiger partial charge in [0.15, 0.2) is 5.96 Å². The van der Waals surface area contributed by atoms with Gasteiger partial charge in [-0.3, -0.25) is 24.2 Å². The van der Waals surface area contributed by atoms with Crippen molar-refractivity contribution >= 4 is 35.6 Å². The van der Waals surface area contributed by atoms with Crippen molar-refractivity contribution in [3.8, 4) is 0 Å². The number of nitrogens with one attached hydrogen (secondary N) is 3. The van der Waals surface area contributed by atoms with E-state index in [0.717, 1.165) is 0 Å². The van der Waals surface area contributed by atoms with Gasteiger partial charge in [0.1, 0.15) is 18.1 Å². The summed E-state index contributed by atoms with van der Waals surface area (Å²) in [6.45, 7) is 3.64. The predicted octanol–water partition coefficient (Wildman–Crippen LogP) is -1.33. The Kier molecular flexibility index (Phi) is 14.0. The van der Waals surface area contributed by atoms with Crippen molar-refractivity contribution < 1.29 is 34.2 Å². The SMILES string of the molecule is CC(C)C(N)C(=O)NC(CCCN=C(N)N)C(=O)NC(CCC(=O)O)C(=O)NC(Cc1ccccc1)C(=O)O. The lowest BCUT2D eigenvalue weighted by atomic mass is 10.0. The molecule has 0 fully saturated rings. The van der Waals surface area contributed by atoms with Crippen LogP contribution in [0.25, 0.3) is 0 Å². The summed E-state index contributed by atoms with van der Waals surface area (Å²) in [5, 5.41) is 26.1. The molecule has 0 heterocycles. The number of guanidine groups is 1. The van der Waals surface area contributed by atoms with Gasteiger partial charge in [-0.15, -0.1) is 0 Å². The molecule has 0 aliphatic rings. The van der Waals surface area contributed by atoms with Crippen LogP contribution in [0.3, 0.4) is 0 Å². The van der Waals surface area contributed by atoms with Crippen molar-refractivity contribution in [3.63, 3.8) is 0 Å². The zero-order chi connectivity index (χ0) is 29.5. The monoisotopic (exact) mass is 549 g/mol. The number of aliphatic carboxylic acids is 2. The van der Waals surface area contributed by atoms with Crippen molar-refractivity contribution in [2.45, 2.75) is 70.1 Å². The van der Waals surface area contributed by atoms with Crippen molar-refractivity contribution in [1.29, 1.82) is 0 Å². The van der Waals surface area contributed by atoms with E-state index >= 15 is 0 Å². The fourth-order valence-electron chi connectivity index (χ4n) is 3.47. The van der Waals surface area contributed by atoms with Crippen LogP contribution in [0.5, 0.6) is 0 Å². The minimum Gasteiger partial charge on any atom is -0.481 e. The molecule has 1 aromatic carbocycles. The lowest BCUT2D eigenvalue weighted by molar-refractivity contribution is -0.143. The fraction of sp³-hybridized carbons (Fsp3) is 0.520. The van der Waals surface area contributed by atoms with Crippen LogP contribution in [0.15, 0.2) is 35.3 Å². The Bertz CT molecular complexity index is 1010. The third-order valence-corrected chi connectivity index (χ3v) is 5.78. The Hall–Kier alpha value is -4.20. The molecule has 0 saturated carbocycles.